The van der Waals surface area contributed by atoms with Crippen LogP contribution >= 0.6 is 11.3 Å². The summed E-state index contributed by atoms with van der Waals surface area (Å²) < 4.78 is 5.50. The third kappa shape index (κ3) is 4.95. The Kier molecular flexibility index (Phi) is 6.20. The fourth-order valence-electron chi connectivity index (χ4n) is 2.57. The predicted molar refractivity (Wildman–Crippen MR) is 92.5 cm³/mol. The highest BCUT2D eigenvalue weighted by atomic mass is 32.1. The maximum Gasteiger partial charge on any atom is 0.193 e. The molecule has 0 aliphatic heterocycles. The van der Waals surface area contributed by atoms with Crippen LogP contribution in [-0.2, 0) is 11.3 Å². The van der Waals surface area contributed by atoms with Gasteiger partial charge in [0.1, 0.15) is 0 Å². The van der Waals surface area contributed by atoms with E-state index in [0.717, 1.165) is 49.4 Å². The van der Waals surface area contributed by atoms with Crippen LogP contribution in [-0.4, -0.2) is 49.7 Å². The zero-order valence-electron chi connectivity index (χ0n) is 14.2. The van der Waals surface area contributed by atoms with E-state index >= 15 is 0 Å². The Bertz CT molecular complexity index is 496. The van der Waals surface area contributed by atoms with Gasteiger partial charge in [0.05, 0.1) is 17.2 Å². The second-order valence-corrected chi connectivity index (χ2v) is 7.12. The lowest BCUT2D eigenvalue weighted by Gasteiger charge is -2.24. The highest BCUT2D eigenvalue weighted by Crippen LogP contribution is 2.48. The lowest BCUT2D eigenvalue weighted by molar-refractivity contribution is 0.128. The molecule has 0 saturated heterocycles. The largest absolute Gasteiger partial charge is 0.382 e. The second kappa shape index (κ2) is 7.92. The minimum Gasteiger partial charge on any atom is -0.382 e. The molecule has 2 rings (SSSR count). The number of aromatic nitrogens is 1. The second-order valence-electron chi connectivity index (χ2n) is 6.06. The summed E-state index contributed by atoms with van der Waals surface area (Å²) in [6.45, 7) is 7.53. The van der Waals surface area contributed by atoms with Gasteiger partial charge in [-0.1, -0.05) is 0 Å². The Morgan fingerprint density at radius 2 is 2.32 bits per heavy atom. The van der Waals surface area contributed by atoms with Crippen LogP contribution < -0.4 is 5.32 Å². The molecule has 0 aromatic carbocycles. The normalized spacial score (nSPS) is 16.6. The van der Waals surface area contributed by atoms with Crippen LogP contribution in [0.5, 0.6) is 0 Å². The molecule has 0 unspecified atom stereocenters. The molecule has 0 spiro atoms. The number of ether oxygens (including phenoxy) is 1. The summed E-state index contributed by atoms with van der Waals surface area (Å²) in [6, 6.07) is 0. The fraction of sp³-hybridized carbons (Fsp3) is 0.750. The van der Waals surface area contributed by atoms with E-state index in [-0.39, 0.29) is 0 Å². The average Bonchev–Trinajstić information content (AvgIpc) is 3.14. The van der Waals surface area contributed by atoms with Crippen LogP contribution in [0, 0.1) is 12.3 Å². The van der Waals surface area contributed by atoms with E-state index in [1.807, 2.05) is 14.0 Å². The first-order chi connectivity index (χ1) is 10.6. The minimum absolute atomic E-state index is 0.420. The summed E-state index contributed by atoms with van der Waals surface area (Å²) in [5.41, 5.74) is 1.52. The van der Waals surface area contributed by atoms with E-state index in [4.69, 9.17) is 4.74 Å². The van der Waals surface area contributed by atoms with Crippen LogP contribution in [0.2, 0.25) is 0 Å². The molecule has 124 valence electrons. The number of hydrogen-bond donors (Lipinski definition) is 1. The Morgan fingerprint density at radius 3 is 2.86 bits per heavy atom. The molecule has 1 heterocycles. The van der Waals surface area contributed by atoms with Crippen LogP contribution in [0.25, 0.3) is 0 Å². The molecule has 1 aromatic heterocycles. The quantitative estimate of drug-likeness (QED) is 0.454. The van der Waals surface area contributed by atoms with Crippen molar-refractivity contribution in [3.63, 3.8) is 0 Å². The molecule has 1 saturated carbocycles. The van der Waals surface area contributed by atoms with Crippen molar-refractivity contribution in [1.82, 2.24) is 15.2 Å². The topological polar surface area (TPSA) is 49.8 Å². The first kappa shape index (κ1) is 17.2. The van der Waals surface area contributed by atoms with E-state index in [2.05, 4.69) is 39.5 Å². The monoisotopic (exact) mass is 324 g/mol. The zero-order valence-corrected chi connectivity index (χ0v) is 15.0. The van der Waals surface area contributed by atoms with Gasteiger partial charge in [0.2, 0.25) is 0 Å². The van der Waals surface area contributed by atoms with Crippen LogP contribution in [0.15, 0.2) is 10.4 Å². The van der Waals surface area contributed by atoms with Crippen LogP contribution in [0.3, 0.4) is 0 Å². The molecule has 0 atom stereocenters. The minimum atomic E-state index is 0.420. The number of rotatable bonds is 8. The van der Waals surface area contributed by atoms with Gasteiger partial charge in [-0.3, -0.25) is 4.99 Å². The van der Waals surface area contributed by atoms with E-state index in [1.54, 1.807) is 11.3 Å². The van der Waals surface area contributed by atoms with Crippen molar-refractivity contribution in [1.29, 1.82) is 0 Å². The molecule has 22 heavy (non-hydrogen) atoms. The SMILES string of the molecule is CCOCCC1(CNC(=NC)N(C)Cc2csc(C)n2)CC1. The summed E-state index contributed by atoms with van der Waals surface area (Å²) in [5, 5.41) is 6.75. The standard InChI is InChI=1S/C16H28N4OS/c1-5-21-9-8-16(6-7-16)12-18-15(17-3)20(4)10-14-11-22-13(2)19-14/h11H,5-10,12H2,1-4H3,(H,17,18). The first-order valence-electron chi connectivity index (χ1n) is 7.99. The number of aryl methyl sites for hydroxylation is 1. The number of thiazole rings is 1. The molecular formula is C16H28N4OS. The molecule has 1 aliphatic carbocycles. The Morgan fingerprint density at radius 1 is 1.55 bits per heavy atom. The zero-order chi connectivity index (χ0) is 16.0. The molecule has 0 radical (unpaired) electrons. The van der Waals surface area contributed by atoms with E-state index in [9.17, 15) is 0 Å². The van der Waals surface area contributed by atoms with Crippen molar-refractivity contribution in [2.24, 2.45) is 10.4 Å². The van der Waals surface area contributed by atoms with Gasteiger partial charge in [0, 0.05) is 39.2 Å². The number of hydrogen-bond acceptors (Lipinski definition) is 4. The summed E-state index contributed by atoms with van der Waals surface area (Å²) in [5.74, 6) is 0.938. The lowest BCUT2D eigenvalue weighted by atomic mass is 10.0. The fourth-order valence-corrected chi connectivity index (χ4v) is 3.18. The molecule has 0 bridgehead atoms. The molecular weight excluding hydrogens is 296 g/mol. The van der Waals surface area contributed by atoms with Gasteiger partial charge in [0.25, 0.3) is 0 Å². The van der Waals surface area contributed by atoms with Gasteiger partial charge in [0.15, 0.2) is 5.96 Å². The number of guanidine groups is 1. The van der Waals surface area contributed by atoms with Crippen LogP contribution in [0.4, 0.5) is 0 Å². The summed E-state index contributed by atoms with van der Waals surface area (Å²) in [7, 11) is 3.90. The summed E-state index contributed by atoms with van der Waals surface area (Å²) >= 11 is 1.69. The summed E-state index contributed by atoms with van der Waals surface area (Å²) in [4.78, 5) is 11.0. The maximum absolute atomic E-state index is 5.50. The maximum atomic E-state index is 5.50. The third-order valence-corrected chi connectivity index (χ3v) is 5.02. The van der Waals surface area contributed by atoms with Crippen molar-refractivity contribution in [3.05, 3.63) is 16.1 Å². The van der Waals surface area contributed by atoms with Gasteiger partial charge < -0.3 is 15.0 Å². The van der Waals surface area contributed by atoms with E-state index in [1.165, 1.54) is 12.8 Å². The van der Waals surface area contributed by atoms with Gasteiger partial charge >= 0.3 is 0 Å². The molecule has 1 aliphatic rings. The van der Waals surface area contributed by atoms with Crippen molar-refractivity contribution >= 4 is 17.3 Å². The predicted octanol–water partition coefficient (Wildman–Crippen LogP) is 2.67. The number of nitrogens with zero attached hydrogens (tertiary/aromatic N) is 3. The average molecular weight is 324 g/mol. The van der Waals surface area contributed by atoms with Crippen molar-refractivity contribution in [2.45, 2.75) is 39.7 Å². The summed E-state index contributed by atoms with van der Waals surface area (Å²) in [6.07, 6.45) is 3.72. The Balaban J connectivity index is 1.79. The van der Waals surface area contributed by atoms with Crippen molar-refractivity contribution in [2.75, 3.05) is 33.9 Å². The highest BCUT2D eigenvalue weighted by Gasteiger charge is 2.42. The molecule has 6 heteroatoms. The first-order valence-corrected chi connectivity index (χ1v) is 8.87. The number of nitrogens with one attached hydrogen (secondary N) is 1. The van der Waals surface area contributed by atoms with Crippen molar-refractivity contribution < 1.29 is 4.74 Å². The molecule has 1 aromatic rings. The van der Waals surface area contributed by atoms with Crippen LogP contribution in [0.1, 0.15) is 36.9 Å². The van der Waals surface area contributed by atoms with Gasteiger partial charge in [-0.15, -0.1) is 11.3 Å². The number of aliphatic imine (C=N–C) groups is 1. The Hall–Kier alpha value is -1.14. The third-order valence-electron chi connectivity index (χ3n) is 4.20. The van der Waals surface area contributed by atoms with E-state index < -0.39 is 0 Å². The highest BCUT2D eigenvalue weighted by molar-refractivity contribution is 7.09. The molecule has 1 fully saturated rings. The molecule has 5 nitrogen and oxygen atoms in total. The smallest absolute Gasteiger partial charge is 0.193 e. The van der Waals surface area contributed by atoms with Gasteiger partial charge in [-0.25, -0.2) is 4.98 Å². The molecule has 1 N–H and O–H groups in total. The Labute approximate surface area is 137 Å². The molecule has 0 amide bonds. The lowest BCUT2D eigenvalue weighted by Crippen LogP contribution is -2.41. The van der Waals surface area contributed by atoms with E-state index in [0.29, 0.717) is 5.41 Å². The van der Waals surface area contributed by atoms with Gasteiger partial charge in [-0.2, -0.15) is 0 Å². The van der Waals surface area contributed by atoms with Crippen molar-refractivity contribution in [3.8, 4) is 0 Å². The van der Waals surface area contributed by atoms with Gasteiger partial charge in [-0.05, 0) is 38.5 Å².